The Kier molecular flexibility index (Phi) is 6.61. The quantitative estimate of drug-likeness (QED) is 0.459. The molecule has 8 nitrogen and oxygen atoms in total. The summed E-state index contributed by atoms with van der Waals surface area (Å²) in [6.45, 7) is 0. The number of carboxylic acid groups (broad SMARTS) is 1. The molecule has 40 heavy (non-hydrogen) atoms. The zero-order chi connectivity index (χ0) is 27.4. The molecule has 8 heteroatoms. The number of H-pyrrole nitrogens is 1. The van der Waals surface area contributed by atoms with E-state index in [0.29, 0.717) is 29.2 Å². The van der Waals surface area contributed by atoms with Crippen LogP contribution in [0.4, 0.5) is 0 Å². The molecule has 2 saturated heterocycles. The predicted molar refractivity (Wildman–Crippen MR) is 154 cm³/mol. The molecule has 0 amide bonds. The van der Waals surface area contributed by atoms with E-state index in [-0.39, 0.29) is 17.3 Å². The second-order valence-corrected chi connectivity index (χ2v) is 12.7. The minimum Gasteiger partial charge on any atom is -0.477 e. The maximum Gasteiger partial charge on any atom is 0.341 e. The zero-order valence-corrected chi connectivity index (χ0v) is 22.9. The van der Waals surface area contributed by atoms with E-state index < -0.39 is 17.1 Å². The molecule has 3 aromatic rings. The fourth-order valence-electron chi connectivity index (χ4n) is 8.79. The van der Waals surface area contributed by atoms with Gasteiger partial charge in [-0.05, 0) is 75.0 Å². The van der Waals surface area contributed by atoms with Crippen LogP contribution in [0.1, 0.15) is 93.4 Å². The Hall–Kier alpha value is -3.26. The summed E-state index contributed by atoms with van der Waals surface area (Å²) in [5.41, 5.74) is 0.713. The summed E-state index contributed by atoms with van der Waals surface area (Å²) < 4.78 is 1.94. The van der Waals surface area contributed by atoms with Crippen LogP contribution in [0, 0.1) is 11.8 Å². The Morgan fingerprint density at radius 1 is 0.850 bits per heavy atom. The molecule has 4 fully saturated rings. The van der Waals surface area contributed by atoms with Gasteiger partial charge in [-0.2, -0.15) is 0 Å². The Morgan fingerprint density at radius 2 is 1.55 bits per heavy atom. The van der Waals surface area contributed by atoms with Gasteiger partial charge in [0.2, 0.25) is 0 Å². The molecule has 2 aliphatic heterocycles. The van der Waals surface area contributed by atoms with Gasteiger partial charge in [-0.1, -0.05) is 44.2 Å². The maximum atomic E-state index is 14.2. The van der Waals surface area contributed by atoms with Crippen LogP contribution in [0.2, 0.25) is 0 Å². The largest absolute Gasteiger partial charge is 0.477 e. The first-order valence-electron chi connectivity index (χ1n) is 15.2. The van der Waals surface area contributed by atoms with Crippen molar-refractivity contribution in [2.45, 2.75) is 101 Å². The lowest BCUT2D eigenvalue weighted by molar-refractivity contribution is -0.0420. The average Bonchev–Trinajstić information content (AvgIpc) is 3.11. The van der Waals surface area contributed by atoms with Crippen molar-refractivity contribution in [1.29, 1.82) is 0 Å². The molecular formula is C32H38N4O4. The van der Waals surface area contributed by atoms with E-state index in [1.165, 1.54) is 76.5 Å². The third-order valence-electron chi connectivity index (χ3n) is 10.3. The molecule has 4 aliphatic rings. The normalized spacial score (nSPS) is 30.6. The van der Waals surface area contributed by atoms with Crippen molar-refractivity contribution < 1.29 is 9.90 Å². The predicted octanol–water partition coefficient (Wildman–Crippen LogP) is 5.37. The number of nitrogens with zero attached hydrogens (tertiary/aromatic N) is 3. The lowest BCUT2D eigenvalue weighted by atomic mass is 9.73. The van der Waals surface area contributed by atoms with Crippen LogP contribution in [0.3, 0.4) is 0 Å². The third kappa shape index (κ3) is 4.50. The lowest BCUT2D eigenvalue weighted by Crippen LogP contribution is -2.58. The standard InChI is InChI=1S/C32H38N4O4/c37-30-26(32(39)40)15-21(18-33-30)29-31(38)36(28-11-4-3-10-27(28)34-29)25-16-22-8-5-9-23(17-25)35(22)24-13-19-6-1-2-7-20(12-19)14-24/h3-4,10-11,15,18-20,22-25H,1-2,5-9,12-14,16-17H2,(H,33,37)(H,39,40). The molecule has 2 N–H and O–H groups in total. The van der Waals surface area contributed by atoms with E-state index in [1.807, 2.05) is 28.8 Å². The van der Waals surface area contributed by atoms with Gasteiger partial charge in [0.15, 0.2) is 0 Å². The lowest BCUT2D eigenvalue weighted by Gasteiger charge is -2.54. The summed E-state index contributed by atoms with van der Waals surface area (Å²) >= 11 is 0. The molecule has 4 unspecified atom stereocenters. The van der Waals surface area contributed by atoms with Crippen LogP contribution in [0.5, 0.6) is 0 Å². The van der Waals surface area contributed by atoms with Crippen LogP contribution in [-0.2, 0) is 0 Å². The highest BCUT2D eigenvalue weighted by Gasteiger charge is 2.45. The van der Waals surface area contributed by atoms with Gasteiger partial charge in [-0.15, -0.1) is 0 Å². The number of carboxylic acids is 1. The topological polar surface area (TPSA) is 108 Å². The highest BCUT2D eigenvalue weighted by atomic mass is 16.4. The molecule has 2 aliphatic carbocycles. The maximum absolute atomic E-state index is 14.2. The van der Waals surface area contributed by atoms with Crippen molar-refractivity contribution in [2.75, 3.05) is 0 Å². The summed E-state index contributed by atoms with van der Waals surface area (Å²) in [5, 5.41) is 9.50. The summed E-state index contributed by atoms with van der Waals surface area (Å²) in [4.78, 5) is 47.9. The number of aromatic carboxylic acids is 1. The van der Waals surface area contributed by atoms with Gasteiger partial charge in [0, 0.05) is 35.9 Å². The number of para-hydroxylation sites is 2. The Labute approximate surface area is 233 Å². The van der Waals surface area contributed by atoms with Crippen LogP contribution in [-0.4, -0.2) is 48.6 Å². The number of fused-ring (bicyclic) bond motifs is 5. The van der Waals surface area contributed by atoms with Crippen LogP contribution in [0.25, 0.3) is 22.3 Å². The molecular weight excluding hydrogens is 504 g/mol. The SMILES string of the molecule is O=C(O)c1cc(-c2nc3ccccc3n(C3CC4CCCC(C3)N4C3CC4CCCCC(C4)C3)c2=O)c[nH]c1=O. The van der Waals surface area contributed by atoms with Gasteiger partial charge in [0.1, 0.15) is 11.3 Å². The Morgan fingerprint density at radius 3 is 2.25 bits per heavy atom. The van der Waals surface area contributed by atoms with E-state index in [2.05, 4.69) is 14.9 Å². The number of hydrogen-bond donors (Lipinski definition) is 2. The van der Waals surface area contributed by atoms with Crippen molar-refractivity contribution in [3.63, 3.8) is 0 Å². The number of rotatable bonds is 4. The summed E-state index contributed by atoms with van der Waals surface area (Å²) in [6, 6.07) is 10.7. The minimum atomic E-state index is -1.33. The molecule has 1 aromatic carbocycles. The number of nitrogens with one attached hydrogen (secondary N) is 1. The van der Waals surface area contributed by atoms with Crippen molar-refractivity contribution in [3.8, 4) is 11.3 Å². The first kappa shape index (κ1) is 25.7. The van der Waals surface area contributed by atoms with E-state index in [4.69, 9.17) is 0 Å². The Balaban J connectivity index is 1.26. The van der Waals surface area contributed by atoms with Crippen molar-refractivity contribution >= 4 is 17.0 Å². The highest BCUT2D eigenvalue weighted by Crippen LogP contribution is 2.47. The number of carbonyl (C=O) groups is 1. The monoisotopic (exact) mass is 542 g/mol. The van der Waals surface area contributed by atoms with Crippen molar-refractivity contribution in [3.05, 3.63) is 62.8 Å². The fraction of sp³-hybridized carbons (Fsp3) is 0.562. The number of pyridine rings is 1. The van der Waals surface area contributed by atoms with Crippen LogP contribution in [0.15, 0.2) is 46.1 Å². The van der Waals surface area contributed by atoms with Gasteiger partial charge < -0.3 is 14.7 Å². The first-order valence-corrected chi connectivity index (χ1v) is 15.2. The molecule has 2 saturated carbocycles. The average molecular weight is 543 g/mol. The van der Waals surface area contributed by atoms with Crippen molar-refractivity contribution in [2.24, 2.45) is 11.8 Å². The number of aromatic amines is 1. The molecule has 7 rings (SSSR count). The van der Waals surface area contributed by atoms with Gasteiger partial charge in [0.25, 0.3) is 11.1 Å². The van der Waals surface area contributed by atoms with E-state index in [9.17, 15) is 19.5 Å². The van der Waals surface area contributed by atoms with Gasteiger partial charge in [0.05, 0.1) is 11.0 Å². The van der Waals surface area contributed by atoms with Gasteiger partial charge in [-0.25, -0.2) is 9.78 Å². The Bertz CT molecular complexity index is 1530. The van der Waals surface area contributed by atoms with Crippen molar-refractivity contribution in [1.82, 2.24) is 19.4 Å². The van der Waals surface area contributed by atoms with E-state index in [1.54, 1.807) is 0 Å². The molecule has 4 bridgehead atoms. The van der Waals surface area contributed by atoms with Crippen LogP contribution < -0.4 is 11.1 Å². The molecule has 2 aromatic heterocycles. The molecule has 4 atom stereocenters. The van der Waals surface area contributed by atoms with E-state index in [0.717, 1.165) is 30.2 Å². The summed E-state index contributed by atoms with van der Waals surface area (Å²) in [6.07, 6.45) is 16.6. The van der Waals surface area contributed by atoms with Gasteiger partial charge >= 0.3 is 5.97 Å². The summed E-state index contributed by atoms with van der Waals surface area (Å²) in [7, 11) is 0. The minimum absolute atomic E-state index is 0.0540. The molecule has 0 spiro atoms. The third-order valence-corrected chi connectivity index (χ3v) is 10.3. The van der Waals surface area contributed by atoms with Crippen LogP contribution >= 0.6 is 0 Å². The zero-order valence-electron chi connectivity index (χ0n) is 22.9. The van der Waals surface area contributed by atoms with E-state index >= 15 is 0 Å². The fourth-order valence-corrected chi connectivity index (χ4v) is 8.79. The summed E-state index contributed by atoms with van der Waals surface area (Å²) in [5.74, 6) is 0.436. The number of benzene rings is 1. The first-order chi connectivity index (χ1) is 19.5. The number of piperidine rings is 2. The van der Waals surface area contributed by atoms with Gasteiger partial charge in [-0.3, -0.25) is 14.5 Å². The molecule has 0 radical (unpaired) electrons. The second kappa shape index (κ2) is 10.3. The molecule has 4 heterocycles. The molecule has 210 valence electrons. The number of hydrogen-bond acceptors (Lipinski definition) is 5. The smallest absolute Gasteiger partial charge is 0.341 e. The second-order valence-electron chi connectivity index (χ2n) is 12.7. The highest BCUT2D eigenvalue weighted by molar-refractivity contribution is 5.88. The number of aromatic nitrogens is 3.